The van der Waals surface area contributed by atoms with Crippen molar-refractivity contribution >= 4 is 11.9 Å². The number of aromatic nitrogens is 3. The highest BCUT2D eigenvalue weighted by atomic mass is 16.5. The summed E-state index contributed by atoms with van der Waals surface area (Å²) in [6.07, 6.45) is 3.24. The van der Waals surface area contributed by atoms with Gasteiger partial charge in [-0.1, -0.05) is 35.5 Å². The fourth-order valence-electron chi connectivity index (χ4n) is 2.80. The average Bonchev–Trinajstić information content (AvgIpc) is 3.27. The molecule has 1 amide bonds. The van der Waals surface area contributed by atoms with E-state index in [0.717, 1.165) is 25.0 Å². The highest BCUT2D eigenvalue weighted by Crippen LogP contribution is 2.15. The summed E-state index contributed by atoms with van der Waals surface area (Å²) < 4.78 is 6.90. The summed E-state index contributed by atoms with van der Waals surface area (Å²) in [4.78, 5) is 25.3. The maximum Gasteiger partial charge on any atom is 0.358 e. The molecule has 0 radical (unpaired) electrons. The first-order valence-electron chi connectivity index (χ1n) is 8.18. The average molecular weight is 344 g/mol. The highest BCUT2D eigenvalue weighted by molar-refractivity contribution is 5.84. The number of ether oxygens (including phenoxy) is 1. The summed E-state index contributed by atoms with van der Waals surface area (Å²) in [5.74, 6) is -1.32. The molecule has 1 unspecified atom stereocenters. The van der Waals surface area contributed by atoms with Crippen LogP contribution in [-0.4, -0.2) is 56.1 Å². The van der Waals surface area contributed by atoms with Gasteiger partial charge in [0.25, 0.3) is 0 Å². The number of carboxylic acids is 1. The largest absolute Gasteiger partial charge is 0.476 e. The third-order valence-corrected chi connectivity index (χ3v) is 4.07. The van der Waals surface area contributed by atoms with E-state index in [9.17, 15) is 9.59 Å². The van der Waals surface area contributed by atoms with Crippen molar-refractivity contribution in [1.82, 2.24) is 19.9 Å². The summed E-state index contributed by atoms with van der Waals surface area (Å²) in [6, 6.07) is 9.72. The Kier molecular flexibility index (Phi) is 5.39. The zero-order valence-corrected chi connectivity index (χ0v) is 13.7. The normalized spacial score (nSPS) is 16.7. The zero-order chi connectivity index (χ0) is 17.6. The lowest BCUT2D eigenvalue weighted by Crippen LogP contribution is -2.39. The summed E-state index contributed by atoms with van der Waals surface area (Å²) in [6.45, 7) is 1.65. The molecular formula is C17H20N4O4. The first-order valence-corrected chi connectivity index (χ1v) is 8.18. The second-order valence-corrected chi connectivity index (χ2v) is 6.00. The molecule has 3 rings (SSSR count). The number of carbonyl (C=O) groups is 2. The van der Waals surface area contributed by atoms with Crippen LogP contribution in [0, 0.1) is 0 Å². The van der Waals surface area contributed by atoms with Gasteiger partial charge >= 0.3 is 5.97 Å². The molecule has 1 aliphatic rings. The Hall–Kier alpha value is -2.74. The fraction of sp³-hybridized carbons (Fsp3) is 0.412. The van der Waals surface area contributed by atoms with Gasteiger partial charge in [-0.05, 0) is 18.4 Å². The van der Waals surface area contributed by atoms with Gasteiger partial charge in [-0.2, -0.15) is 0 Å². The number of benzene rings is 1. The molecule has 1 saturated heterocycles. The molecule has 0 saturated carbocycles. The van der Waals surface area contributed by atoms with Gasteiger partial charge in [0.1, 0.15) is 6.54 Å². The molecule has 132 valence electrons. The quantitative estimate of drug-likeness (QED) is 0.810. The number of aromatic carboxylic acids is 1. The van der Waals surface area contributed by atoms with Crippen molar-refractivity contribution < 1.29 is 19.4 Å². The number of hydrogen-bond donors (Lipinski definition) is 1. The van der Waals surface area contributed by atoms with Crippen molar-refractivity contribution in [3.8, 4) is 0 Å². The van der Waals surface area contributed by atoms with E-state index in [2.05, 4.69) is 10.3 Å². The van der Waals surface area contributed by atoms with Gasteiger partial charge in [0.05, 0.1) is 12.3 Å². The van der Waals surface area contributed by atoms with Crippen molar-refractivity contribution in [2.45, 2.75) is 32.0 Å². The summed E-state index contributed by atoms with van der Waals surface area (Å²) in [5.41, 5.74) is 0.847. The van der Waals surface area contributed by atoms with E-state index in [4.69, 9.17) is 9.84 Å². The second-order valence-electron chi connectivity index (χ2n) is 6.00. The first-order chi connectivity index (χ1) is 12.1. The van der Waals surface area contributed by atoms with Crippen LogP contribution in [0.2, 0.25) is 0 Å². The van der Waals surface area contributed by atoms with Crippen molar-refractivity contribution in [2.75, 3.05) is 13.2 Å². The monoisotopic (exact) mass is 344 g/mol. The highest BCUT2D eigenvalue weighted by Gasteiger charge is 2.23. The molecule has 8 heteroatoms. The van der Waals surface area contributed by atoms with E-state index in [-0.39, 0.29) is 24.2 Å². The predicted octanol–water partition coefficient (Wildman–Crippen LogP) is 1.18. The van der Waals surface area contributed by atoms with Crippen LogP contribution < -0.4 is 0 Å². The molecule has 8 nitrogen and oxygen atoms in total. The van der Waals surface area contributed by atoms with Crippen molar-refractivity contribution in [3.63, 3.8) is 0 Å². The molecule has 1 N–H and O–H groups in total. The van der Waals surface area contributed by atoms with Gasteiger partial charge in [0, 0.05) is 19.7 Å². The summed E-state index contributed by atoms with van der Waals surface area (Å²) in [5, 5.41) is 16.1. The summed E-state index contributed by atoms with van der Waals surface area (Å²) >= 11 is 0. The molecule has 2 heterocycles. The fourth-order valence-corrected chi connectivity index (χ4v) is 2.80. The Bertz CT molecular complexity index is 725. The van der Waals surface area contributed by atoms with Crippen LogP contribution in [0.3, 0.4) is 0 Å². The van der Waals surface area contributed by atoms with Gasteiger partial charge in [-0.15, -0.1) is 5.10 Å². The van der Waals surface area contributed by atoms with Crippen LogP contribution >= 0.6 is 0 Å². The number of hydrogen-bond acceptors (Lipinski definition) is 5. The number of carbonyl (C=O) groups excluding carboxylic acids is 1. The Morgan fingerprint density at radius 1 is 1.32 bits per heavy atom. The van der Waals surface area contributed by atoms with E-state index in [1.807, 2.05) is 30.3 Å². The zero-order valence-electron chi connectivity index (χ0n) is 13.7. The molecule has 1 aliphatic heterocycles. The van der Waals surface area contributed by atoms with Gasteiger partial charge in [-0.25, -0.2) is 9.48 Å². The van der Waals surface area contributed by atoms with Crippen LogP contribution in [0.1, 0.15) is 28.9 Å². The lowest BCUT2D eigenvalue weighted by Gasteiger charge is -2.25. The molecule has 2 aromatic rings. The SMILES string of the molecule is O=C(O)c1cn(CC(=O)N(Cc2ccccc2)CC2CCCO2)nn1. The van der Waals surface area contributed by atoms with E-state index in [0.29, 0.717) is 13.1 Å². The predicted molar refractivity (Wildman–Crippen MR) is 87.8 cm³/mol. The number of nitrogens with zero attached hydrogens (tertiary/aromatic N) is 4. The molecule has 1 atom stereocenters. The van der Waals surface area contributed by atoms with Gasteiger partial charge < -0.3 is 14.7 Å². The Labute approximate surface area is 145 Å². The van der Waals surface area contributed by atoms with Crippen molar-refractivity contribution in [2.24, 2.45) is 0 Å². The topological polar surface area (TPSA) is 97.5 Å². The molecule has 0 bridgehead atoms. The smallest absolute Gasteiger partial charge is 0.358 e. The molecule has 0 aliphatic carbocycles. The minimum Gasteiger partial charge on any atom is -0.476 e. The Morgan fingerprint density at radius 2 is 2.12 bits per heavy atom. The van der Waals surface area contributed by atoms with Crippen molar-refractivity contribution in [1.29, 1.82) is 0 Å². The van der Waals surface area contributed by atoms with E-state index in [1.165, 1.54) is 10.9 Å². The number of amides is 1. The van der Waals surface area contributed by atoms with Crippen LogP contribution in [0.15, 0.2) is 36.5 Å². The van der Waals surface area contributed by atoms with Crippen LogP contribution in [-0.2, 0) is 22.6 Å². The van der Waals surface area contributed by atoms with Gasteiger partial charge in [0.2, 0.25) is 5.91 Å². The maximum atomic E-state index is 12.7. The third-order valence-electron chi connectivity index (χ3n) is 4.07. The Balaban J connectivity index is 1.69. The lowest BCUT2D eigenvalue weighted by atomic mass is 10.2. The number of rotatable bonds is 7. The molecule has 1 aromatic heterocycles. The molecule has 25 heavy (non-hydrogen) atoms. The van der Waals surface area contributed by atoms with E-state index >= 15 is 0 Å². The molecule has 0 spiro atoms. The van der Waals surface area contributed by atoms with Gasteiger partial charge in [0.15, 0.2) is 5.69 Å². The van der Waals surface area contributed by atoms with Crippen LogP contribution in [0.25, 0.3) is 0 Å². The standard InChI is InChI=1S/C17H20N4O4/c22-16(12-21-11-15(17(23)24)18-19-21)20(10-14-7-4-8-25-14)9-13-5-2-1-3-6-13/h1-3,5-6,11,14H,4,7-10,12H2,(H,23,24). The number of carboxylic acid groups (broad SMARTS) is 1. The molecular weight excluding hydrogens is 324 g/mol. The summed E-state index contributed by atoms with van der Waals surface area (Å²) in [7, 11) is 0. The van der Waals surface area contributed by atoms with E-state index in [1.54, 1.807) is 4.90 Å². The first kappa shape index (κ1) is 17.1. The van der Waals surface area contributed by atoms with Gasteiger partial charge in [-0.3, -0.25) is 4.79 Å². The maximum absolute atomic E-state index is 12.7. The van der Waals surface area contributed by atoms with Crippen LogP contribution in [0.4, 0.5) is 0 Å². The van der Waals surface area contributed by atoms with Crippen molar-refractivity contribution in [3.05, 3.63) is 47.8 Å². The minimum absolute atomic E-state index is 0.0398. The van der Waals surface area contributed by atoms with Crippen LogP contribution in [0.5, 0.6) is 0 Å². The molecule has 1 aromatic carbocycles. The van der Waals surface area contributed by atoms with E-state index < -0.39 is 5.97 Å². The Morgan fingerprint density at radius 3 is 2.76 bits per heavy atom. The lowest BCUT2D eigenvalue weighted by molar-refractivity contribution is -0.134. The molecule has 1 fully saturated rings. The third kappa shape index (κ3) is 4.63. The minimum atomic E-state index is -1.17. The second kappa shape index (κ2) is 7.89.